The minimum absolute atomic E-state index is 0.915. The number of anilines is 1. The Labute approximate surface area is 103 Å². The van der Waals surface area contributed by atoms with Crippen LogP contribution in [0, 0.1) is 0 Å². The van der Waals surface area contributed by atoms with E-state index >= 15 is 0 Å². The molecule has 3 rings (SSSR count). The van der Waals surface area contributed by atoms with Crippen LogP contribution in [0.3, 0.4) is 0 Å². The lowest BCUT2D eigenvalue weighted by Gasteiger charge is -2.28. The van der Waals surface area contributed by atoms with Crippen LogP contribution in [0.2, 0.25) is 0 Å². The molecule has 0 amide bonds. The van der Waals surface area contributed by atoms with Crippen LogP contribution in [0.4, 0.5) is 5.69 Å². The Kier molecular flexibility index (Phi) is 2.07. The predicted octanol–water partition coefficient (Wildman–Crippen LogP) is 2.80. The topological polar surface area (TPSA) is 21.1 Å². The van der Waals surface area contributed by atoms with Gasteiger partial charge in [-0.3, -0.25) is 4.68 Å². The number of nitrogens with zero attached hydrogens (tertiary/aromatic N) is 3. The summed E-state index contributed by atoms with van der Waals surface area (Å²) >= 11 is 3.62. The van der Waals surface area contributed by atoms with Gasteiger partial charge in [0, 0.05) is 36.2 Å². The first-order valence-electron chi connectivity index (χ1n) is 5.19. The van der Waals surface area contributed by atoms with Gasteiger partial charge in [-0.2, -0.15) is 5.10 Å². The molecule has 0 spiro atoms. The van der Waals surface area contributed by atoms with Gasteiger partial charge in [-0.05, 0) is 22.0 Å². The molecule has 2 aromatic rings. The van der Waals surface area contributed by atoms with E-state index < -0.39 is 0 Å². The van der Waals surface area contributed by atoms with E-state index in [1.807, 2.05) is 17.9 Å². The molecule has 1 aliphatic rings. The first-order chi connectivity index (χ1) is 7.68. The Hall–Kier alpha value is -1.29. The maximum atomic E-state index is 4.34. The highest BCUT2D eigenvalue weighted by Gasteiger charge is 2.24. The molecule has 1 aromatic carbocycles. The van der Waals surface area contributed by atoms with E-state index in [0.29, 0.717) is 0 Å². The second-order valence-corrected chi connectivity index (χ2v) is 4.99. The summed E-state index contributed by atoms with van der Waals surface area (Å²) in [4.78, 5) is 2.25. The first-order valence-corrected chi connectivity index (χ1v) is 5.98. The average molecular weight is 278 g/mol. The van der Waals surface area contributed by atoms with Crippen molar-refractivity contribution in [3.8, 4) is 11.3 Å². The minimum Gasteiger partial charge on any atom is -0.369 e. The fraction of sp³-hybridized carbons (Fsp3) is 0.250. The molecule has 16 heavy (non-hydrogen) atoms. The number of para-hydroxylation sites is 1. The molecule has 4 heteroatoms. The average Bonchev–Trinajstić information content (AvgIpc) is 2.60. The molecule has 0 radical (unpaired) electrons. The smallest absolute Gasteiger partial charge is 0.0750 e. The highest BCUT2D eigenvalue weighted by molar-refractivity contribution is 9.10. The molecule has 1 aromatic heterocycles. The molecule has 0 saturated heterocycles. The highest BCUT2D eigenvalue weighted by Crippen LogP contribution is 2.41. The third-order valence-electron chi connectivity index (χ3n) is 3.05. The number of aromatic nitrogens is 2. The van der Waals surface area contributed by atoms with E-state index in [4.69, 9.17) is 0 Å². The third kappa shape index (κ3) is 1.23. The normalized spacial score (nSPS) is 13.6. The largest absolute Gasteiger partial charge is 0.369 e. The maximum Gasteiger partial charge on any atom is 0.0750 e. The van der Waals surface area contributed by atoms with Crippen molar-refractivity contribution < 1.29 is 0 Å². The Morgan fingerprint density at radius 3 is 2.94 bits per heavy atom. The van der Waals surface area contributed by atoms with Crippen LogP contribution in [0.5, 0.6) is 0 Å². The highest BCUT2D eigenvalue weighted by atomic mass is 79.9. The van der Waals surface area contributed by atoms with Gasteiger partial charge in [-0.1, -0.05) is 12.1 Å². The van der Waals surface area contributed by atoms with E-state index in [1.54, 1.807) is 0 Å². The summed E-state index contributed by atoms with van der Waals surface area (Å²) < 4.78 is 3.09. The zero-order chi connectivity index (χ0) is 11.3. The quantitative estimate of drug-likeness (QED) is 0.739. The van der Waals surface area contributed by atoms with Gasteiger partial charge in [-0.15, -0.1) is 0 Å². The Balaban J connectivity index is 2.35. The van der Waals surface area contributed by atoms with Gasteiger partial charge >= 0.3 is 0 Å². The summed E-state index contributed by atoms with van der Waals surface area (Å²) in [6.45, 7) is 0.915. The van der Waals surface area contributed by atoms with Gasteiger partial charge in [0.2, 0.25) is 0 Å². The number of rotatable bonds is 0. The van der Waals surface area contributed by atoms with Crippen LogP contribution in [-0.2, 0) is 13.6 Å². The molecule has 2 heterocycles. The Bertz CT molecular complexity index is 559. The summed E-state index contributed by atoms with van der Waals surface area (Å²) in [5, 5.41) is 4.34. The van der Waals surface area contributed by atoms with Gasteiger partial charge in [-0.25, -0.2) is 0 Å². The van der Waals surface area contributed by atoms with Crippen molar-refractivity contribution in [1.29, 1.82) is 0 Å². The molecule has 0 unspecified atom stereocenters. The van der Waals surface area contributed by atoms with Crippen LogP contribution in [0.15, 0.2) is 28.9 Å². The van der Waals surface area contributed by atoms with Gasteiger partial charge < -0.3 is 4.90 Å². The standard InChI is InChI=1S/C12H12BrN3/c1-15-7-8-6-14-16(2)11(8)9-4-3-5-10(13)12(9)15/h3-6H,7H2,1-2H3. The summed E-state index contributed by atoms with van der Waals surface area (Å²) in [5.74, 6) is 0. The van der Waals surface area contributed by atoms with Crippen molar-refractivity contribution in [2.45, 2.75) is 6.54 Å². The van der Waals surface area contributed by atoms with Crippen molar-refractivity contribution >= 4 is 21.6 Å². The zero-order valence-corrected chi connectivity index (χ0v) is 10.8. The van der Waals surface area contributed by atoms with E-state index in [2.05, 4.69) is 51.2 Å². The zero-order valence-electron chi connectivity index (χ0n) is 9.24. The molecular formula is C12H12BrN3. The lowest BCUT2D eigenvalue weighted by Crippen LogP contribution is -2.22. The van der Waals surface area contributed by atoms with Gasteiger partial charge in [0.05, 0.1) is 17.6 Å². The molecule has 0 N–H and O–H groups in total. The van der Waals surface area contributed by atoms with Crippen molar-refractivity contribution in [3.05, 3.63) is 34.4 Å². The van der Waals surface area contributed by atoms with Crippen molar-refractivity contribution in [3.63, 3.8) is 0 Å². The summed E-state index contributed by atoms with van der Waals surface area (Å²) in [5.41, 5.74) is 5.02. The second kappa shape index (κ2) is 3.35. The van der Waals surface area contributed by atoms with Crippen LogP contribution in [-0.4, -0.2) is 16.8 Å². The SMILES string of the molecule is CN1Cc2cnn(C)c2-c2cccc(Br)c21. The van der Waals surface area contributed by atoms with E-state index in [0.717, 1.165) is 11.0 Å². The third-order valence-corrected chi connectivity index (χ3v) is 3.69. The monoisotopic (exact) mass is 277 g/mol. The minimum atomic E-state index is 0.915. The molecule has 3 nitrogen and oxygen atoms in total. The molecule has 0 saturated carbocycles. The molecule has 82 valence electrons. The summed E-state index contributed by atoms with van der Waals surface area (Å²) in [6.07, 6.45) is 1.95. The number of hydrogen-bond acceptors (Lipinski definition) is 2. The molecular weight excluding hydrogens is 266 g/mol. The van der Waals surface area contributed by atoms with E-state index in [9.17, 15) is 0 Å². The molecule has 0 bridgehead atoms. The molecule has 0 aliphatic carbocycles. The van der Waals surface area contributed by atoms with Gasteiger partial charge in [0.15, 0.2) is 0 Å². The Morgan fingerprint density at radius 1 is 1.31 bits per heavy atom. The molecule has 0 atom stereocenters. The fourth-order valence-corrected chi connectivity index (χ4v) is 3.04. The van der Waals surface area contributed by atoms with Crippen LogP contribution in [0.25, 0.3) is 11.3 Å². The van der Waals surface area contributed by atoms with Crippen LogP contribution < -0.4 is 4.90 Å². The summed E-state index contributed by atoms with van der Waals surface area (Å²) in [6, 6.07) is 6.30. The number of benzene rings is 1. The second-order valence-electron chi connectivity index (χ2n) is 4.13. The summed E-state index contributed by atoms with van der Waals surface area (Å²) in [7, 11) is 4.11. The maximum absolute atomic E-state index is 4.34. The van der Waals surface area contributed by atoms with Gasteiger partial charge in [0.1, 0.15) is 0 Å². The number of fused-ring (bicyclic) bond motifs is 3. The van der Waals surface area contributed by atoms with Crippen molar-refractivity contribution in [1.82, 2.24) is 9.78 Å². The fourth-order valence-electron chi connectivity index (χ4n) is 2.37. The predicted molar refractivity (Wildman–Crippen MR) is 68.5 cm³/mol. The van der Waals surface area contributed by atoms with E-state index in [-0.39, 0.29) is 0 Å². The number of hydrogen-bond donors (Lipinski definition) is 0. The first kappa shape index (κ1) is 9.90. The number of halogens is 1. The lowest BCUT2D eigenvalue weighted by molar-refractivity contribution is 0.772. The van der Waals surface area contributed by atoms with Crippen molar-refractivity contribution in [2.75, 3.05) is 11.9 Å². The molecule has 0 fully saturated rings. The van der Waals surface area contributed by atoms with Gasteiger partial charge in [0.25, 0.3) is 0 Å². The van der Waals surface area contributed by atoms with Crippen LogP contribution >= 0.6 is 15.9 Å². The number of aryl methyl sites for hydroxylation is 1. The lowest BCUT2D eigenvalue weighted by atomic mass is 10.0. The van der Waals surface area contributed by atoms with Crippen LogP contribution in [0.1, 0.15) is 5.56 Å². The Morgan fingerprint density at radius 2 is 2.12 bits per heavy atom. The van der Waals surface area contributed by atoms with E-state index in [1.165, 1.54) is 22.5 Å². The van der Waals surface area contributed by atoms with Crippen molar-refractivity contribution in [2.24, 2.45) is 7.05 Å². The molecule has 1 aliphatic heterocycles.